The Bertz CT molecular complexity index is 959. The quantitative estimate of drug-likeness (QED) is 0.597. The molecule has 27 heavy (non-hydrogen) atoms. The molecule has 0 aliphatic heterocycles. The Balaban J connectivity index is 1.48. The minimum absolute atomic E-state index is 0.0812. The van der Waals surface area contributed by atoms with Crippen LogP contribution in [0.2, 0.25) is 0 Å². The second-order valence-corrected chi connectivity index (χ2v) is 6.59. The Kier molecular flexibility index (Phi) is 5.91. The Labute approximate surface area is 158 Å². The van der Waals surface area contributed by atoms with Gasteiger partial charge in [0.05, 0.1) is 12.7 Å². The van der Waals surface area contributed by atoms with Crippen LogP contribution in [-0.2, 0) is 11.2 Å². The molecule has 2 aromatic carbocycles. The fourth-order valence-electron chi connectivity index (χ4n) is 3.16. The predicted molar refractivity (Wildman–Crippen MR) is 106 cm³/mol. The first-order valence-electron chi connectivity index (χ1n) is 9.08. The van der Waals surface area contributed by atoms with Crippen molar-refractivity contribution >= 4 is 22.6 Å². The maximum atomic E-state index is 12.4. The number of hydrogen-bond donors (Lipinski definition) is 2. The van der Waals surface area contributed by atoms with Crippen molar-refractivity contribution in [2.75, 3.05) is 13.7 Å². The number of amides is 1. The Morgan fingerprint density at radius 3 is 2.74 bits per heavy atom. The van der Waals surface area contributed by atoms with Crippen LogP contribution in [0.5, 0.6) is 5.75 Å². The van der Waals surface area contributed by atoms with Crippen molar-refractivity contribution in [1.29, 1.82) is 0 Å². The fraction of sp³-hybridized carbons (Fsp3) is 0.273. The molecule has 0 saturated carbocycles. The number of aryl methyl sites for hydroxylation is 1. The number of fused-ring (bicyclic) bond motifs is 1. The number of hydrogen-bond acceptors (Lipinski definition) is 3. The van der Waals surface area contributed by atoms with E-state index in [1.54, 1.807) is 19.2 Å². The molecule has 3 aromatic rings. The van der Waals surface area contributed by atoms with Gasteiger partial charge in [-0.05, 0) is 37.1 Å². The molecule has 2 N–H and O–H groups in total. The van der Waals surface area contributed by atoms with E-state index >= 15 is 0 Å². The van der Waals surface area contributed by atoms with Gasteiger partial charge in [-0.15, -0.1) is 0 Å². The van der Waals surface area contributed by atoms with Crippen LogP contribution < -0.4 is 10.1 Å². The Morgan fingerprint density at radius 2 is 1.93 bits per heavy atom. The number of para-hydroxylation sites is 1. The number of nitrogens with one attached hydrogen (secondary N) is 2. The van der Waals surface area contributed by atoms with Crippen molar-refractivity contribution in [2.45, 2.75) is 26.2 Å². The van der Waals surface area contributed by atoms with E-state index in [1.165, 1.54) is 10.9 Å². The molecule has 0 spiro atoms. The lowest BCUT2D eigenvalue weighted by Gasteiger charge is -2.09. The summed E-state index contributed by atoms with van der Waals surface area (Å²) in [5.74, 6) is 0.350. The molecule has 5 heteroatoms. The Morgan fingerprint density at radius 1 is 1.11 bits per heavy atom. The number of rotatable bonds is 8. The minimum atomic E-state index is -0.116. The van der Waals surface area contributed by atoms with Crippen molar-refractivity contribution < 1.29 is 14.3 Å². The van der Waals surface area contributed by atoms with E-state index in [0.29, 0.717) is 17.9 Å². The summed E-state index contributed by atoms with van der Waals surface area (Å²) < 4.78 is 5.25. The number of aromatic amines is 1. The number of ether oxygens (including phenoxy) is 1. The summed E-state index contributed by atoms with van der Waals surface area (Å²) in [5, 5.41) is 4.07. The molecule has 0 aliphatic carbocycles. The van der Waals surface area contributed by atoms with Gasteiger partial charge in [0.15, 0.2) is 5.78 Å². The molecule has 0 fully saturated rings. The normalized spacial score (nSPS) is 10.7. The van der Waals surface area contributed by atoms with E-state index in [1.807, 2.05) is 37.4 Å². The van der Waals surface area contributed by atoms with Crippen LogP contribution in [0.15, 0.2) is 48.7 Å². The molecule has 140 valence electrons. The van der Waals surface area contributed by atoms with Crippen molar-refractivity contribution in [2.24, 2.45) is 0 Å². The molecule has 1 heterocycles. The molecule has 0 aliphatic rings. The number of carbonyl (C=O) groups excluding carboxylic acids is 2. The number of H-pyrrole nitrogens is 1. The summed E-state index contributed by atoms with van der Waals surface area (Å²) in [6, 6.07) is 13.6. The van der Waals surface area contributed by atoms with E-state index in [9.17, 15) is 9.59 Å². The lowest BCUT2D eigenvalue weighted by atomic mass is 10.0. The zero-order valence-electron chi connectivity index (χ0n) is 15.7. The van der Waals surface area contributed by atoms with E-state index in [4.69, 9.17) is 4.74 Å². The maximum Gasteiger partial charge on any atom is 0.220 e. The van der Waals surface area contributed by atoms with Crippen LogP contribution in [0.4, 0.5) is 0 Å². The zero-order chi connectivity index (χ0) is 19.2. The van der Waals surface area contributed by atoms with Gasteiger partial charge in [-0.25, -0.2) is 0 Å². The third-order valence-electron chi connectivity index (χ3n) is 4.63. The highest BCUT2D eigenvalue weighted by atomic mass is 16.5. The number of Topliss-reactive ketones (excluding diaryl/α,β-unsaturated/α-hetero) is 1. The summed E-state index contributed by atoms with van der Waals surface area (Å²) in [7, 11) is 1.54. The van der Waals surface area contributed by atoms with Crippen LogP contribution in [0.1, 0.15) is 34.3 Å². The summed E-state index contributed by atoms with van der Waals surface area (Å²) in [6.45, 7) is 2.47. The number of carbonyl (C=O) groups is 2. The number of ketones is 1. The van der Waals surface area contributed by atoms with Gasteiger partial charge in [0.25, 0.3) is 0 Å². The average molecular weight is 364 g/mol. The van der Waals surface area contributed by atoms with Gasteiger partial charge >= 0.3 is 0 Å². The third-order valence-corrected chi connectivity index (χ3v) is 4.63. The van der Waals surface area contributed by atoms with Gasteiger partial charge < -0.3 is 15.0 Å². The first kappa shape index (κ1) is 18.7. The molecule has 0 radical (unpaired) electrons. The van der Waals surface area contributed by atoms with Gasteiger partial charge in [-0.3, -0.25) is 9.59 Å². The fourth-order valence-corrected chi connectivity index (χ4v) is 3.16. The Hall–Kier alpha value is -3.08. The largest absolute Gasteiger partial charge is 0.496 e. The highest BCUT2D eigenvalue weighted by molar-refractivity contribution is 6.00. The van der Waals surface area contributed by atoms with Crippen molar-refractivity contribution in [3.05, 3.63) is 65.4 Å². The topological polar surface area (TPSA) is 71.2 Å². The summed E-state index contributed by atoms with van der Waals surface area (Å²) in [6.07, 6.45) is 3.06. The standard InChI is InChI=1S/C22H24N2O3/c1-15-7-9-21(27-2)18(13-15)20(25)8-10-22(26)23-12-11-16-14-24-19-6-4-3-5-17(16)19/h3-7,9,13-14,24H,8,10-12H2,1-2H3,(H,23,26). The van der Waals surface area contributed by atoms with E-state index in [2.05, 4.69) is 16.4 Å². The van der Waals surface area contributed by atoms with E-state index < -0.39 is 0 Å². The average Bonchev–Trinajstić information content (AvgIpc) is 3.09. The van der Waals surface area contributed by atoms with Gasteiger partial charge in [-0.2, -0.15) is 0 Å². The monoisotopic (exact) mass is 364 g/mol. The predicted octanol–water partition coefficient (Wildman–Crippen LogP) is 3.81. The van der Waals surface area contributed by atoms with Crippen LogP contribution in [0, 0.1) is 6.92 Å². The molecule has 0 atom stereocenters. The molecule has 0 bridgehead atoms. The second-order valence-electron chi connectivity index (χ2n) is 6.59. The number of aromatic nitrogens is 1. The van der Waals surface area contributed by atoms with Crippen LogP contribution in [-0.4, -0.2) is 30.3 Å². The van der Waals surface area contributed by atoms with E-state index in [-0.39, 0.29) is 24.5 Å². The first-order chi connectivity index (χ1) is 13.1. The number of methoxy groups -OCH3 is 1. The van der Waals surface area contributed by atoms with Gasteiger partial charge in [-0.1, -0.05) is 29.8 Å². The van der Waals surface area contributed by atoms with Gasteiger partial charge in [0.1, 0.15) is 5.75 Å². The van der Waals surface area contributed by atoms with Crippen molar-refractivity contribution in [3.63, 3.8) is 0 Å². The third kappa shape index (κ3) is 4.56. The van der Waals surface area contributed by atoms with Crippen LogP contribution in [0.3, 0.4) is 0 Å². The second kappa shape index (κ2) is 8.54. The maximum absolute atomic E-state index is 12.4. The summed E-state index contributed by atoms with van der Waals surface area (Å²) in [5.41, 5.74) is 3.79. The zero-order valence-corrected chi connectivity index (χ0v) is 15.7. The highest BCUT2D eigenvalue weighted by Gasteiger charge is 2.14. The highest BCUT2D eigenvalue weighted by Crippen LogP contribution is 2.22. The molecular formula is C22H24N2O3. The summed E-state index contributed by atoms with van der Waals surface area (Å²) in [4.78, 5) is 27.7. The molecule has 3 rings (SSSR count). The lowest BCUT2D eigenvalue weighted by Crippen LogP contribution is -2.26. The number of benzene rings is 2. The lowest BCUT2D eigenvalue weighted by molar-refractivity contribution is -0.121. The molecule has 5 nitrogen and oxygen atoms in total. The molecule has 1 amide bonds. The van der Waals surface area contributed by atoms with Crippen molar-refractivity contribution in [3.8, 4) is 5.75 Å². The molecule has 1 aromatic heterocycles. The first-order valence-corrected chi connectivity index (χ1v) is 9.08. The molecule has 0 saturated heterocycles. The van der Waals surface area contributed by atoms with E-state index in [0.717, 1.165) is 17.5 Å². The molecule has 0 unspecified atom stereocenters. The van der Waals surface area contributed by atoms with Crippen LogP contribution >= 0.6 is 0 Å². The minimum Gasteiger partial charge on any atom is -0.496 e. The van der Waals surface area contributed by atoms with Crippen molar-refractivity contribution in [1.82, 2.24) is 10.3 Å². The van der Waals surface area contributed by atoms with Gasteiger partial charge in [0, 0.05) is 36.5 Å². The SMILES string of the molecule is COc1ccc(C)cc1C(=O)CCC(=O)NCCc1c[nH]c2ccccc12. The van der Waals surface area contributed by atoms with Gasteiger partial charge in [0.2, 0.25) is 5.91 Å². The van der Waals surface area contributed by atoms with Crippen LogP contribution in [0.25, 0.3) is 10.9 Å². The smallest absolute Gasteiger partial charge is 0.220 e. The summed E-state index contributed by atoms with van der Waals surface area (Å²) >= 11 is 0. The molecular weight excluding hydrogens is 340 g/mol.